The SMILES string of the molecule is CN=C(NC1C2CCOC2C12CCC2)N1CCC(NC(=O)OC(C)(C)C)C1. The summed E-state index contributed by atoms with van der Waals surface area (Å²) in [4.78, 5) is 18.8. The lowest BCUT2D eigenvalue weighted by molar-refractivity contribution is -0.171. The third-order valence-electron chi connectivity index (χ3n) is 6.74. The highest BCUT2D eigenvalue weighted by Gasteiger charge is 2.66. The molecule has 7 heteroatoms. The maximum atomic E-state index is 12.0. The smallest absolute Gasteiger partial charge is 0.407 e. The van der Waals surface area contributed by atoms with Crippen LogP contribution in [-0.4, -0.2) is 67.5 Å². The molecule has 0 bridgehead atoms. The fourth-order valence-corrected chi connectivity index (χ4v) is 5.44. The summed E-state index contributed by atoms with van der Waals surface area (Å²) in [6, 6.07) is 0.579. The van der Waals surface area contributed by atoms with E-state index in [4.69, 9.17) is 9.47 Å². The second kappa shape index (κ2) is 6.83. The number of ether oxygens (including phenoxy) is 2. The Bertz CT molecular complexity index is 611. The normalized spacial score (nSPS) is 34.7. The molecule has 4 rings (SSSR count). The number of aliphatic imine (C=N–C) groups is 1. The lowest BCUT2D eigenvalue weighted by Crippen LogP contribution is -2.72. The lowest BCUT2D eigenvalue weighted by atomic mass is 9.46. The Kier molecular flexibility index (Phi) is 4.77. The molecule has 4 fully saturated rings. The summed E-state index contributed by atoms with van der Waals surface area (Å²) in [5, 5.41) is 6.77. The number of guanidine groups is 1. The molecule has 1 spiro atoms. The molecule has 2 aliphatic carbocycles. The number of nitrogens with one attached hydrogen (secondary N) is 2. The highest BCUT2D eigenvalue weighted by Crippen LogP contribution is 2.62. The van der Waals surface area contributed by atoms with Gasteiger partial charge >= 0.3 is 6.09 Å². The highest BCUT2D eigenvalue weighted by atomic mass is 16.6. The van der Waals surface area contributed by atoms with Gasteiger partial charge in [-0.1, -0.05) is 6.42 Å². The van der Waals surface area contributed by atoms with Gasteiger partial charge in [-0.25, -0.2) is 4.79 Å². The number of hydrogen-bond donors (Lipinski definition) is 2. The molecule has 2 saturated carbocycles. The van der Waals surface area contributed by atoms with Gasteiger partial charge in [0.25, 0.3) is 0 Å². The molecule has 2 aliphatic heterocycles. The van der Waals surface area contributed by atoms with E-state index < -0.39 is 5.60 Å². The molecular weight excluding hydrogens is 344 g/mol. The van der Waals surface area contributed by atoms with Crippen LogP contribution in [0.25, 0.3) is 0 Å². The lowest BCUT2D eigenvalue weighted by Gasteiger charge is -2.63. The number of fused-ring (bicyclic) bond motifs is 2. The summed E-state index contributed by atoms with van der Waals surface area (Å²) in [5.41, 5.74) is -0.133. The number of carbonyl (C=O) groups excluding carboxylic acids is 1. The molecule has 0 aromatic heterocycles. The van der Waals surface area contributed by atoms with Crippen LogP contribution in [-0.2, 0) is 9.47 Å². The van der Waals surface area contributed by atoms with Gasteiger partial charge in [-0.2, -0.15) is 0 Å². The second-order valence-electron chi connectivity index (χ2n) is 9.58. The van der Waals surface area contributed by atoms with Crippen LogP contribution in [0.2, 0.25) is 0 Å². The maximum absolute atomic E-state index is 12.0. The number of alkyl carbamates (subject to hydrolysis) is 1. The monoisotopic (exact) mass is 378 g/mol. The van der Waals surface area contributed by atoms with Crippen molar-refractivity contribution in [2.24, 2.45) is 16.3 Å². The molecule has 0 aromatic carbocycles. The van der Waals surface area contributed by atoms with Crippen LogP contribution >= 0.6 is 0 Å². The third kappa shape index (κ3) is 3.39. The van der Waals surface area contributed by atoms with Gasteiger partial charge in [0, 0.05) is 44.1 Å². The van der Waals surface area contributed by atoms with E-state index in [2.05, 4.69) is 20.5 Å². The van der Waals surface area contributed by atoms with E-state index in [-0.39, 0.29) is 12.1 Å². The van der Waals surface area contributed by atoms with E-state index in [1.54, 1.807) is 0 Å². The average molecular weight is 379 g/mol. The third-order valence-corrected chi connectivity index (χ3v) is 6.74. The van der Waals surface area contributed by atoms with Gasteiger partial charge in [-0.05, 0) is 46.5 Å². The van der Waals surface area contributed by atoms with E-state index in [0.717, 1.165) is 38.5 Å². The first-order valence-electron chi connectivity index (χ1n) is 10.4. The topological polar surface area (TPSA) is 75.2 Å². The Hall–Kier alpha value is -1.50. The van der Waals surface area contributed by atoms with Crippen molar-refractivity contribution in [1.29, 1.82) is 0 Å². The van der Waals surface area contributed by atoms with Crippen LogP contribution in [0.3, 0.4) is 0 Å². The quantitative estimate of drug-likeness (QED) is 0.569. The van der Waals surface area contributed by atoms with Gasteiger partial charge in [0.15, 0.2) is 5.96 Å². The van der Waals surface area contributed by atoms with Crippen LogP contribution < -0.4 is 10.6 Å². The molecule has 0 radical (unpaired) electrons. The average Bonchev–Trinajstić information content (AvgIpc) is 3.13. The number of carbonyl (C=O) groups is 1. The van der Waals surface area contributed by atoms with Crippen LogP contribution in [0.5, 0.6) is 0 Å². The molecule has 7 nitrogen and oxygen atoms in total. The first-order chi connectivity index (χ1) is 12.8. The zero-order chi connectivity index (χ0) is 19.2. The summed E-state index contributed by atoms with van der Waals surface area (Å²) in [6.07, 6.45) is 6.04. The zero-order valence-electron chi connectivity index (χ0n) is 17.1. The minimum absolute atomic E-state index is 0.0972. The number of amides is 1. The molecule has 4 atom stereocenters. The van der Waals surface area contributed by atoms with Crippen molar-refractivity contribution in [3.05, 3.63) is 0 Å². The van der Waals surface area contributed by atoms with Crippen molar-refractivity contribution >= 4 is 12.1 Å². The standard InChI is InChI=1S/C20H34N4O3/c1-19(2,3)27-18(25)22-13-6-10-24(12-13)17(21-4)23-15-14-7-11-26-16(14)20(15)8-5-9-20/h13-16H,5-12H2,1-4H3,(H,21,23)(H,22,25). The van der Waals surface area contributed by atoms with E-state index in [1.165, 1.54) is 19.3 Å². The van der Waals surface area contributed by atoms with E-state index >= 15 is 0 Å². The molecular formula is C20H34N4O3. The van der Waals surface area contributed by atoms with Gasteiger partial charge < -0.3 is 25.0 Å². The Morgan fingerprint density at radius 1 is 1.26 bits per heavy atom. The molecule has 152 valence electrons. The molecule has 0 aromatic rings. The Morgan fingerprint density at radius 2 is 2.04 bits per heavy atom. The second-order valence-corrected chi connectivity index (χ2v) is 9.58. The highest BCUT2D eigenvalue weighted by molar-refractivity contribution is 5.81. The summed E-state index contributed by atoms with van der Waals surface area (Å²) < 4.78 is 11.4. The summed E-state index contributed by atoms with van der Waals surface area (Å²) >= 11 is 0. The number of rotatable bonds is 2. The largest absolute Gasteiger partial charge is 0.444 e. The minimum atomic E-state index is -0.471. The van der Waals surface area contributed by atoms with E-state index in [9.17, 15) is 4.79 Å². The zero-order valence-corrected chi connectivity index (χ0v) is 17.1. The minimum Gasteiger partial charge on any atom is -0.444 e. The van der Waals surface area contributed by atoms with Crippen molar-refractivity contribution in [2.45, 2.75) is 76.7 Å². The number of likely N-dealkylation sites (tertiary alicyclic amines) is 1. The summed E-state index contributed by atoms with van der Waals surface area (Å²) in [7, 11) is 1.85. The summed E-state index contributed by atoms with van der Waals surface area (Å²) in [5.74, 6) is 1.59. The van der Waals surface area contributed by atoms with Gasteiger partial charge in [0.05, 0.1) is 12.1 Å². The molecule has 2 heterocycles. The Balaban J connectivity index is 1.32. The maximum Gasteiger partial charge on any atom is 0.407 e. The first kappa shape index (κ1) is 18.8. The van der Waals surface area contributed by atoms with Crippen LogP contribution in [0.1, 0.15) is 52.9 Å². The van der Waals surface area contributed by atoms with Crippen LogP contribution in [0, 0.1) is 11.3 Å². The Morgan fingerprint density at radius 3 is 2.67 bits per heavy atom. The molecule has 4 aliphatic rings. The fraction of sp³-hybridized carbons (Fsp3) is 0.900. The fourth-order valence-electron chi connectivity index (χ4n) is 5.44. The number of hydrogen-bond acceptors (Lipinski definition) is 4. The van der Waals surface area contributed by atoms with Crippen LogP contribution in [0.15, 0.2) is 4.99 Å². The van der Waals surface area contributed by atoms with Gasteiger partial charge in [-0.3, -0.25) is 4.99 Å². The van der Waals surface area contributed by atoms with Crippen molar-refractivity contribution in [3.63, 3.8) is 0 Å². The molecule has 2 N–H and O–H groups in total. The Labute approximate surface area is 162 Å². The molecule has 27 heavy (non-hydrogen) atoms. The number of nitrogens with zero attached hydrogens (tertiary/aromatic N) is 2. The predicted molar refractivity (Wildman–Crippen MR) is 104 cm³/mol. The van der Waals surface area contributed by atoms with Gasteiger partial charge in [0.2, 0.25) is 0 Å². The summed E-state index contributed by atoms with van der Waals surface area (Å²) in [6.45, 7) is 8.21. The van der Waals surface area contributed by atoms with Crippen molar-refractivity contribution in [2.75, 3.05) is 26.7 Å². The van der Waals surface area contributed by atoms with Crippen molar-refractivity contribution in [1.82, 2.24) is 15.5 Å². The van der Waals surface area contributed by atoms with E-state index in [0.29, 0.717) is 23.5 Å². The van der Waals surface area contributed by atoms with Crippen LogP contribution in [0.4, 0.5) is 4.79 Å². The molecule has 2 saturated heterocycles. The van der Waals surface area contributed by atoms with Gasteiger partial charge in [-0.15, -0.1) is 0 Å². The van der Waals surface area contributed by atoms with Crippen molar-refractivity contribution < 1.29 is 14.3 Å². The molecule has 4 unspecified atom stereocenters. The van der Waals surface area contributed by atoms with Crippen molar-refractivity contribution in [3.8, 4) is 0 Å². The first-order valence-corrected chi connectivity index (χ1v) is 10.4. The van der Waals surface area contributed by atoms with Gasteiger partial charge in [0.1, 0.15) is 5.60 Å². The molecule has 1 amide bonds. The van der Waals surface area contributed by atoms with E-state index in [1.807, 2.05) is 27.8 Å². The predicted octanol–water partition coefficient (Wildman–Crippen LogP) is 2.12.